The maximum absolute atomic E-state index is 12.4. The lowest BCUT2D eigenvalue weighted by Crippen LogP contribution is -2.40. The summed E-state index contributed by atoms with van der Waals surface area (Å²) >= 11 is 3.20. The molecule has 6 nitrogen and oxygen atoms in total. The molecule has 1 aromatic rings. The SMILES string of the molecule is COC1CC(C(=O)O)N(C(=O)c2cccnc2Br)C1. The Hall–Kier alpha value is -1.47. The van der Waals surface area contributed by atoms with Crippen molar-refractivity contribution < 1.29 is 19.4 Å². The summed E-state index contributed by atoms with van der Waals surface area (Å²) in [6.07, 6.45) is 1.60. The number of ether oxygens (including phenoxy) is 1. The average molecular weight is 329 g/mol. The summed E-state index contributed by atoms with van der Waals surface area (Å²) in [5.74, 6) is -1.38. The van der Waals surface area contributed by atoms with Gasteiger partial charge in [-0.3, -0.25) is 4.79 Å². The number of hydrogen-bond acceptors (Lipinski definition) is 4. The molecule has 2 heterocycles. The Labute approximate surface area is 118 Å². The number of aliphatic carboxylic acids is 1. The van der Waals surface area contributed by atoms with E-state index in [9.17, 15) is 14.7 Å². The minimum absolute atomic E-state index is 0.250. The van der Waals surface area contributed by atoms with Crippen molar-refractivity contribution in [1.29, 1.82) is 0 Å². The molecule has 1 aromatic heterocycles. The standard InChI is InChI=1S/C12H13BrN2O4/c1-19-7-5-9(12(17)18)15(6-7)11(16)8-3-2-4-14-10(8)13/h2-4,7,9H,5-6H2,1H3,(H,17,18). The molecule has 1 saturated heterocycles. The lowest BCUT2D eigenvalue weighted by atomic mass is 10.2. The van der Waals surface area contributed by atoms with Crippen molar-refractivity contribution in [2.45, 2.75) is 18.6 Å². The quantitative estimate of drug-likeness (QED) is 0.842. The number of pyridine rings is 1. The van der Waals surface area contributed by atoms with Gasteiger partial charge in [0, 0.05) is 26.3 Å². The molecular weight excluding hydrogens is 316 g/mol. The van der Waals surface area contributed by atoms with Gasteiger partial charge >= 0.3 is 5.97 Å². The normalized spacial score (nSPS) is 22.5. The molecular formula is C12H13BrN2O4. The van der Waals surface area contributed by atoms with Crippen molar-refractivity contribution in [3.63, 3.8) is 0 Å². The fraction of sp³-hybridized carbons (Fsp3) is 0.417. The smallest absolute Gasteiger partial charge is 0.326 e. The van der Waals surface area contributed by atoms with Crippen LogP contribution >= 0.6 is 15.9 Å². The molecule has 1 fully saturated rings. The molecule has 1 amide bonds. The molecule has 0 bridgehead atoms. The molecule has 1 aliphatic rings. The Kier molecular flexibility index (Phi) is 4.16. The van der Waals surface area contributed by atoms with Crippen LogP contribution in [0.1, 0.15) is 16.8 Å². The fourth-order valence-electron chi connectivity index (χ4n) is 2.13. The Morgan fingerprint density at radius 1 is 1.58 bits per heavy atom. The third-order valence-corrected chi connectivity index (χ3v) is 3.76. The van der Waals surface area contributed by atoms with E-state index < -0.39 is 12.0 Å². The zero-order valence-electron chi connectivity index (χ0n) is 10.2. The monoisotopic (exact) mass is 328 g/mol. The first-order valence-corrected chi connectivity index (χ1v) is 6.51. The summed E-state index contributed by atoms with van der Waals surface area (Å²) in [6.45, 7) is 0.271. The number of halogens is 1. The predicted octanol–water partition coefficient (Wildman–Crippen LogP) is 1.16. The van der Waals surface area contributed by atoms with Crippen molar-refractivity contribution >= 4 is 27.8 Å². The van der Waals surface area contributed by atoms with Gasteiger partial charge in [-0.2, -0.15) is 0 Å². The number of rotatable bonds is 3. The number of carbonyl (C=O) groups is 2. The van der Waals surface area contributed by atoms with Crippen LogP contribution in [-0.2, 0) is 9.53 Å². The molecule has 2 unspecified atom stereocenters. The van der Waals surface area contributed by atoms with Crippen LogP contribution in [0.4, 0.5) is 0 Å². The largest absolute Gasteiger partial charge is 0.480 e. The third-order valence-electron chi connectivity index (χ3n) is 3.13. The van der Waals surface area contributed by atoms with Gasteiger partial charge in [-0.25, -0.2) is 9.78 Å². The highest BCUT2D eigenvalue weighted by atomic mass is 79.9. The lowest BCUT2D eigenvalue weighted by Gasteiger charge is -2.21. The van der Waals surface area contributed by atoms with E-state index in [0.29, 0.717) is 16.6 Å². The first kappa shape index (κ1) is 14.0. The third kappa shape index (κ3) is 2.76. The minimum atomic E-state index is -1.02. The maximum atomic E-state index is 12.4. The molecule has 7 heteroatoms. The molecule has 0 saturated carbocycles. The van der Waals surface area contributed by atoms with Crippen LogP contribution in [0, 0.1) is 0 Å². The van der Waals surface area contributed by atoms with E-state index in [1.807, 2.05) is 0 Å². The van der Waals surface area contributed by atoms with E-state index in [1.54, 1.807) is 18.3 Å². The molecule has 0 spiro atoms. The van der Waals surface area contributed by atoms with E-state index in [2.05, 4.69) is 20.9 Å². The molecule has 0 aliphatic carbocycles. The second-order valence-corrected chi connectivity index (χ2v) is 5.00. The first-order chi connectivity index (χ1) is 9.04. The molecule has 2 rings (SSSR count). The van der Waals surface area contributed by atoms with Crippen LogP contribution in [0.5, 0.6) is 0 Å². The predicted molar refractivity (Wildman–Crippen MR) is 69.8 cm³/mol. The molecule has 0 radical (unpaired) electrons. The number of carboxylic acids is 1. The number of methoxy groups -OCH3 is 1. The number of carboxylic acid groups (broad SMARTS) is 1. The van der Waals surface area contributed by atoms with Gasteiger partial charge in [0.05, 0.1) is 11.7 Å². The highest BCUT2D eigenvalue weighted by Gasteiger charge is 2.40. The van der Waals surface area contributed by atoms with E-state index >= 15 is 0 Å². The summed E-state index contributed by atoms with van der Waals surface area (Å²) < 4.78 is 5.56. The van der Waals surface area contributed by atoms with Gasteiger partial charge in [-0.15, -0.1) is 0 Å². The van der Waals surface area contributed by atoms with E-state index in [0.717, 1.165) is 0 Å². The summed E-state index contributed by atoms with van der Waals surface area (Å²) in [7, 11) is 1.51. The summed E-state index contributed by atoms with van der Waals surface area (Å²) in [4.78, 5) is 28.9. The van der Waals surface area contributed by atoms with Crippen LogP contribution in [0.3, 0.4) is 0 Å². The van der Waals surface area contributed by atoms with Crippen molar-refractivity contribution in [2.24, 2.45) is 0 Å². The summed E-state index contributed by atoms with van der Waals surface area (Å²) in [5, 5.41) is 9.19. The molecule has 102 valence electrons. The lowest BCUT2D eigenvalue weighted by molar-refractivity contribution is -0.141. The van der Waals surface area contributed by atoms with Crippen molar-refractivity contribution in [2.75, 3.05) is 13.7 Å². The van der Waals surface area contributed by atoms with Gasteiger partial charge in [-0.05, 0) is 28.1 Å². The van der Waals surface area contributed by atoms with Gasteiger partial charge < -0.3 is 14.7 Å². The second-order valence-electron chi connectivity index (χ2n) is 4.25. The minimum Gasteiger partial charge on any atom is -0.480 e. The Morgan fingerprint density at radius 3 is 2.89 bits per heavy atom. The first-order valence-electron chi connectivity index (χ1n) is 5.71. The highest BCUT2D eigenvalue weighted by molar-refractivity contribution is 9.10. The molecule has 19 heavy (non-hydrogen) atoms. The zero-order valence-corrected chi connectivity index (χ0v) is 11.8. The van der Waals surface area contributed by atoms with Crippen molar-refractivity contribution in [3.8, 4) is 0 Å². The maximum Gasteiger partial charge on any atom is 0.326 e. The number of carbonyl (C=O) groups excluding carboxylic acids is 1. The summed E-state index contributed by atoms with van der Waals surface area (Å²) in [5.41, 5.74) is 0.352. The molecule has 0 aromatic carbocycles. The number of nitrogens with zero attached hydrogens (tertiary/aromatic N) is 2. The van der Waals surface area contributed by atoms with Gasteiger partial charge in [0.25, 0.3) is 5.91 Å². The Balaban J connectivity index is 2.27. The second kappa shape index (κ2) is 5.66. The van der Waals surface area contributed by atoms with E-state index in [-0.39, 0.29) is 18.6 Å². The summed E-state index contributed by atoms with van der Waals surface area (Å²) in [6, 6.07) is 2.39. The molecule has 1 N–H and O–H groups in total. The van der Waals surface area contributed by atoms with Crippen molar-refractivity contribution in [1.82, 2.24) is 9.88 Å². The number of aromatic nitrogens is 1. The van der Waals surface area contributed by atoms with E-state index in [1.165, 1.54) is 12.0 Å². The van der Waals surface area contributed by atoms with Crippen LogP contribution in [0.2, 0.25) is 0 Å². The van der Waals surface area contributed by atoms with E-state index in [4.69, 9.17) is 4.74 Å². The van der Waals surface area contributed by atoms with Crippen LogP contribution in [0.25, 0.3) is 0 Å². The Bertz CT molecular complexity index is 508. The highest BCUT2D eigenvalue weighted by Crippen LogP contribution is 2.24. The zero-order chi connectivity index (χ0) is 14.0. The fourth-order valence-corrected chi connectivity index (χ4v) is 2.55. The van der Waals surface area contributed by atoms with Crippen LogP contribution in [0.15, 0.2) is 22.9 Å². The number of amides is 1. The van der Waals surface area contributed by atoms with Gasteiger partial charge in [0.15, 0.2) is 0 Å². The average Bonchev–Trinajstić information content (AvgIpc) is 2.83. The van der Waals surface area contributed by atoms with Gasteiger partial charge in [-0.1, -0.05) is 0 Å². The van der Waals surface area contributed by atoms with Gasteiger partial charge in [0.1, 0.15) is 10.6 Å². The van der Waals surface area contributed by atoms with Crippen LogP contribution < -0.4 is 0 Å². The van der Waals surface area contributed by atoms with Crippen molar-refractivity contribution in [3.05, 3.63) is 28.5 Å². The molecule has 2 atom stereocenters. The van der Waals surface area contributed by atoms with Crippen LogP contribution in [-0.4, -0.2) is 52.7 Å². The topological polar surface area (TPSA) is 79.7 Å². The number of hydrogen-bond donors (Lipinski definition) is 1. The van der Waals surface area contributed by atoms with Gasteiger partial charge in [0.2, 0.25) is 0 Å². The number of likely N-dealkylation sites (tertiary alicyclic amines) is 1. The molecule has 1 aliphatic heterocycles. The Morgan fingerprint density at radius 2 is 2.32 bits per heavy atom.